The number of carbonyl (C=O) groups is 1. The standard InChI is InChI=1S/C22H21FN4O2S/c23-18-6-7-19-20(14-18)30-22(25-19)27(9-1-8-26-10-12-29-13-11-26)21(28)17-4-2-16(15-24)3-5-17/h2-7,14H,1,8-13H2. The second-order valence-electron chi connectivity index (χ2n) is 7.06. The summed E-state index contributed by atoms with van der Waals surface area (Å²) in [7, 11) is 0. The molecule has 6 nitrogen and oxygen atoms in total. The lowest BCUT2D eigenvalue weighted by atomic mass is 10.1. The number of nitrogens with zero attached hydrogens (tertiary/aromatic N) is 4. The van der Waals surface area contributed by atoms with Crippen molar-refractivity contribution in [1.82, 2.24) is 9.88 Å². The lowest BCUT2D eigenvalue weighted by Crippen LogP contribution is -2.39. The largest absolute Gasteiger partial charge is 0.379 e. The minimum atomic E-state index is -0.324. The second-order valence-corrected chi connectivity index (χ2v) is 8.07. The molecule has 2 heterocycles. The maximum Gasteiger partial charge on any atom is 0.260 e. The Morgan fingerprint density at radius 1 is 1.23 bits per heavy atom. The van der Waals surface area contributed by atoms with Gasteiger partial charge < -0.3 is 4.74 Å². The summed E-state index contributed by atoms with van der Waals surface area (Å²) in [4.78, 5) is 21.8. The van der Waals surface area contributed by atoms with Crippen LogP contribution in [0.2, 0.25) is 0 Å². The maximum absolute atomic E-state index is 13.6. The Morgan fingerprint density at radius 2 is 2.00 bits per heavy atom. The van der Waals surface area contributed by atoms with Crippen LogP contribution in [0.4, 0.5) is 9.52 Å². The van der Waals surface area contributed by atoms with Gasteiger partial charge in [0.25, 0.3) is 5.91 Å². The molecule has 0 unspecified atom stereocenters. The van der Waals surface area contributed by atoms with Crippen molar-refractivity contribution in [2.75, 3.05) is 44.3 Å². The fourth-order valence-corrected chi connectivity index (χ4v) is 4.42. The van der Waals surface area contributed by atoms with E-state index in [0.29, 0.717) is 33.0 Å². The van der Waals surface area contributed by atoms with Gasteiger partial charge in [-0.25, -0.2) is 9.37 Å². The summed E-state index contributed by atoms with van der Waals surface area (Å²) in [6.07, 6.45) is 0.784. The van der Waals surface area contributed by atoms with Gasteiger partial charge in [0.1, 0.15) is 5.82 Å². The van der Waals surface area contributed by atoms with Crippen LogP contribution < -0.4 is 4.90 Å². The minimum Gasteiger partial charge on any atom is -0.379 e. The lowest BCUT2D eigenvalue weighted by Gasteiger charge is -2.27. The van der Waals surface area contributed by atoms with Gasteiger partial charge in [-0.05, 0) is 48.9 Å². The first-order valence-electron chi connectivity index (χ1n) is 9.82. The maximum atomic E-state index is 13.6. The highest BCUT2D eigenvalue weighted by molar-refractivity contribution is 7.22. The average molecular weight is 425 g/mol. The molecule has 2 aromatic carbocycles. The molecule has 0 radical (unpaired) electrons. The Balaban J connectivity index is 1.57. The first-order chi connectivity index (χ1) is 14.6. The van der Waals surface area contributed by atoms with Crippen LogP contribution in [-0.4, -0.2) is 55.2 Å². The third kappa shape index (κ3) is 4.65. The lowest BCUT2D eigenvalue weighted by molar-refractivity contribution is 0.0376. The molecule has 0 aliphatic carbocycles. The minimum absolute atomic E-state index is 0.180. The zero-order valence-corrected chi connectivity index (χ0v) is 17.2. The van der Waals surface area contributed by atoms with Gasteiger partial charge >= 0.3 is 0 Å². The van der Waals surface area contributed by atoms with Crippen molar-refractivity contribution in [1.29, 1.82) is 5.26 Å². The van der Waals surface area contributed by atoms with E-state index in [-0.39, 0.29) is 11.7 Å². The predicted octanol–water partition coefficient (Wildman–Crippen LogP) is 3.68. The fourth-order valence-electron chi connectivity index (χ4n) is 3.41. The van der Waals surface area contributed by atoms with Crippen LogP contribution in [-0.2, 0) is 4.74 Å². The number of hydrogen-bond acceptors (Lipinski definition) is 6. The summed E-state index contributed by atoms with van der Waals surface area (Å²) in [5, 5.41) is 9.55. The number of rotatable bonds is 6. The number of nitriles is 1. The van der Waals surface area contributed by atoms with Gasteiger partial charge in [-0.15, -0.1) is 0 Å². The van der Waals surface area contributed by atoms with Crippen molar-refractivity contribution in [2.24, 2.45) is 0 Å². The molecule has 154 valence electrons. The Bertz CT molecular complexity index is 1070. The molecule has 8 heteroatoms. The normalized spacial score (nSPS) is 14.5. The number of amides is 1. The fraction of sp³-hybridized carbons (Fsp3) is 0.318. The van der Waals surface area contributed by atoms with Crippen LogP contribution >= 0.6 is 11.3 Å². The summed E-state index contributed by atoms with van der Waals surface area (Å²) in [5.41, 5.74) is 1.66. The van der Waals surface area contributed by atoms with Crippen molar-refractivity contribution in [3.63, 3.8) is 0 Å². The van der Waals surface area contributed by atoms with Crippen LogP contribution in [0.5, 0.6) is 0 Å². The number of carbonyl (C=O) groups excluding carboxylic acids is 1. The van der Waals surface area contributed by atoms with Gasteiger partial charge in [-0.1, -0.05) is 11.3 Å². The van der Waals surface area contributed by atoms with E-state index in [1.54, 1.807) is 35.2 Å². The zero-order chi connectivity index (χ0) is 20.9. The molecule has 1 aliphatic rings. The number of ether oxygens (including phenoxy) is 1. The van der Waals surface area contributed by atoms with E-state index >= 15 is 0 Å². The molecule has 4 rings (SSSR count). The van der Waals surface area contributed by atoms with Crippen LogP contribution in [0.1, 0.15) is 22.3 Å². The van der Waals surface area contributed by atoms with Crippen molar-refractivity contribution < 1.29 is 13.9 Å². The smallest absolute Gasteiger partial charge is 0.260 e. The summed E-state index contributed by atoms with van der Waals surface area (Å²) in [6, 6.07) is 13.1. The molecule has 1 fully saturated rings. The number of thiazole rings is 1. The summed E-state index contributed by atoms with van der Waals surface area (Å²) < 4.78 is 19.7. The Hall–Kier alpha value is -2.86. The van der Waals surface area contributed by atoms with Gasteiger partial charge in [0.2, 0.25) is 0 Å². The van der Waals surface area contributed by atoms with Crippen LogP contribution in [0.15, 0.2) is 42.5 Å². The number of halogens is 1. The number of fused-ring (bicyclic) bond motifs is 1. The number of benzene rings is 2. The predicted molar refractivity (Wildman–Crippen MR) is 114 cm³/mol. The van der Waals surface area contributed by atoms with E-state index in [1.807, 2.05) is 0 Å². The molecule has 0 saturated carbocycles. The Labute approximate surface area is 178 Å². The van der Waals surface area contributed by atoms with Gasteiger partial charge in [-0.2, -0.15) is 5.26 Å². The highest BCUT2D eigenvalue weighted by atomic mass is 32.1. The van der Waals surface area contributed by atoms with E-state index in [1.165, 1.54) is 23.5 Å². The summed E-state index contributed by atoms with van der Waals surface area (Å²) in [5.74, 6) is -0.504. The third-order valence-electron chi connectivity index (χ3n) is 5.04. The molecular weight excluding hydrogens is 403 g/mol. The zero-order valence-electron chi connectivity index (χ0n) is 16.4. The van der Waals surface area contributed by atoms with Gasteiger partial charge in [-0.3, -0.25) is 14.6 Å². The molecule has 1 aliphatic heterocycles. The molecule has 0 spiro atoms. The monoisotopic (exact) mass is 424 g/mol. The van der Waals surface area contributed by atoms with Gasteiger partial charge in [0.15, 0.2) is 5.13 Å². The SMILES string of the molecule is N#Cc1ccc(C(=O)N(CCCN2CCOCC2)c2nc3ccc(F)cc3s2)cc1. The van der Waals surface area contributed by atoms with E-state index < -0.39 is 0 Å². The molecule has 0 bridgehead atoms. The first-order valence-corrected chi connectivity index (χ1v) is 10.6. The van der Waals surface area contributed by atoms with Crippen molar-refractivity contribution in [3.8, 4) is 6.07 Å². The van der Waals surface area contributed by atoms with E-state index in [4.69, 9.17) is 10.00 Å². The highest BCUT2D eigenvalue weighted by Gasteiger charge is 2.22. The van der Waals surface area contributed by atoms with Crippen LogP contribution in [0.25, 0.3) is 10.2 Å². The van der Waals surface area contributed by atoms with Gasteiger partial charge in [0, 0.05) is 31.7 Å². The van der Waals surface area contributed by atoms with Crippen molar-refractivity contribution in [3.05, 3.63) is 59.4 Å². The molecule has 30 heavy (non-hydrogen) atoms. The van der Waals surface area contributed by atoms with Crippen molar-refractivity contribution >= 4 is 32.6 Å². The topological polar surface area (TPSA) is 69.5 Å². The molecular formula is C22H21FN4O2S. The van der Waals surface area contributed by atoms with E-state index in [2.05, 4.69) is 16.0 Å². The summed E-state index contributed by atoms with van der Waals surface area (Å²) in [6.45, 7) is 4.61. The molecule has 1 aromatic heterocycles. The molecule has 3 aromatic rings. The molecule has 1 amide bonds. The first kappa shape index (κ1) is 20.4. The van der Waals surface area contributed by atoms with Crippen LogP contribution in [0, 0.1) is 17.1 Å². The van der Waals surface area contributed by atoms with Gasteiger partial charge in [0.05, 0.1) is 35.1 Å². The molecule has 0 atom stereocenters. The van der Waals surface area contributed by atoms with E-state index in [9.17, 15) is 9.18 Å². The molecule has 1 saturated heterocycles. The number of hydrogen-bond donors (Lipinski definition) is 0. The summed E-state index contributed by atoms with van der Waals surface area (Å²) >= 11 is 1.30. The third-order valence-corrected chi connectivity index (χ3v) is 6.08. The quantitative estimate of drug-likeness (QED) is 0.604. The van der Waals surface area contributed by atoms with E-state index in [0.717, 1.165) is 39.3 Å². The second kappa shape index (κ2) is 9.30. The highest BCUT2D eigenvalue weighted by Crippen LogP contribution is 2.30. The van der Waals surface area contributed by atoms with Crippen molar-refractivity contribution in [2.45, 2.75) is 6.42 Å². The number of morpholine rings is 1. The Kier molecular flexibility index (Phi) is 6.33. The number of anilines is 1. The van der Waals surface area contributed by atoms with Crippen LogP contribution in [0.3, 0.4) is 0 Å². The Morgan fingerprint density at radius 3 is 2.73 bits per heavy atom. The average Bonchev–Trinajstić information content (AvgIpc) is 3.20. The number of aromatic nitrogens is 1. The molecule has 0 N–H and O–H groups in total.